The van der Waals surface area contributed by atoms with Crippen molar-refractivity contribution >= 4 is 66.4 Å². The second kappa shape index (κ2) is 8.36. The Balaban J connectivity index is 1.58. The highest BCUT2D eigenvalue weighted by molar-refractivity contribution is 7.33. The van der Waals surface area contributed by atoms with Crippen molar-refractivity contribution in [2.24, 2.45) is 0 Å². The first-order chi connectivity index (χ1) is 16.4. The minimum Gasteiger partial charge on any atom is -0.443 e. The summed E-state index contributed by atoms with van der Waals surface area (Å²) in [4.78, 5) is 27.7. The van der Waals surface area contributed by atoms with Crippen LogP contribution in [0, 0.1) is 0 Å². The fourth-order valence-electron chi connectivity index (χ4n) is 3.80. The number of rotatable bonds is 2. The van der Waals surface area contributed by atoms with Gasteiger partial charge in [-0.1, -0.05) is 0 Å². The third-order valence-electron chi connectivity index (χ3n) is 5.13. The molecule has 0 aromatic carbocycles. The second-order valence-electron chi connectivity index (χ2n) is 10.2. The summed E-state index contributed by atoms with van der Waals surface area (Å²) in [5, 5.41) is 6.58. The Labute approximate surface area is 215 Å². The van der Waals surface area contributed by atoms with Crippen molar-refractivity contribution in [3.8, 4) is 21.1 Å². The van der Waals surface area contributed by atoms with Crippen LogP contribution in [-0.2, 0) is 9.47 Å². The fraction of sp³-hybridized carbons (Fsp3) is 0.308. The van der Waals surface area contributed by atoms with Gasteiger partial charge in [-0.2, -0.15) is 0 Å². The Bertz CT molecular complexity index is 1450. The van der Waals surface area contributed by atoms with E-state index < -0.39 is 23.4 Å². The Kier molecular flexibility index (Phi) is 5.69. The summed E-state index contributed by atoms with van der Waals surface area (Å²) in [6, 6.07) is 7.60. The van der Waals surface area contributed by atoms with Crippen LogP contribution in [0.3, 0.4) is 0 Å². The van der Waals surface area contributed by atoms with E-state index in [0.717, 1.165) is 41.3 Å². The molecule has 0 saturated heterocycles. The maximum Gasteiger partial charge on any atom is 0.419 e. The van der Waals surface area contributed by atoms with Gasteiger partial charge in [-0.05, 0) is 65.8 Å². The molecule has 6 nitrogen and oxygen atoms in total. The van der Waals surface area contributed by atoms with Gasteiger partial charge in [0.1, 0.15) is 11.2 Å². The van der Waals surface area contributed by atoms with Crippen LogP contribution in [0.4, 0.5) is 9.59 Å². The van der Waals surface area contributed by atoms with E-state index in [-0.39, 0.29) is 0 Å². The van der Waals surface area contributed by atoms with Crippen molar-refractivity contribution in [3.05, 3.63) is 47.4 Å². The molecule has 0 fully saturated rings. The van der Waals surface area contributed by atoms with Gasteiger partial charge in [-0.3, -0.25) is 9.13 Å². The van der Waals surface area contributed by atoms with Crippen molar-refractivity contribution < 1.29 is 19.1 Å². The lowest BCUT2D eigenvalue weighted by Gasteiger charge is -2.20. The lowest BCUT2D eigenvalue weighted by Crippen LogP contribution is -2.27. The van der Waals surface area contributed by atoms with Gasteiger partial charge in [0.05, 0.1) is 30.5 Å². The summed E-state index contributed by atoms with van der Waals surface area (Å²) >= 11 is 4.92. The summed E-state index contributed by atoms with van der Waals surface area (Å²) in [5.41, 5.74) is 0.468. The number of carbonyl (C=O) groups excluding carboxylic acids is 2. The number of thiophene rings is 3. The van der Waals surface area contributed by atoms with E-state index in [2.05, 4.69) is 10.8 Å². The zero-order valence-electron chi connectivity index (χ0n) is 20.4. The van der Waals surface area contributed by atoms with Crippen molar-refractivity contribution in [2.45, 2.75) is 52.7 Å². The van der Waals surface area contributed by atoms with Crippen LogP contribution in [0.5, 0.6) is 0 Å². The molecule has 5 aromatic rings. The van der Waals surface area contributed by atoms with E-state index >= 15 is 0 Å². The average molecular weight is 527 g/mol. The van der Waals surface area contributed by atoms with E-state index in [1.807, 2.05) is 65.8 Å². The first-order valence-corrected chi connectivity index (χ1v) is 13.7. The van der Waals surface area contributed by atoms with Gasteiger partial charge in [0, 0.05) is 33.9 Å². The van der Waals surface area contributed by atoms with Gasteiger partial charge in [0.2, 0.25) is 0 Å². The quantitative estimate of drug-likeness (QED) is 0.231. The number of fused-ring (bicyclic) bond motifs is 3. The van der Waals surface area contributed by atoms with Crippen molar-refractivity contribution in [1.29, 1.82) is 0 Å². The Morgan fingerprint density at radius 1 is 0.714 bits per heavy atom. The minimum absolute atomic E-state index is 0.396. The average Bonchev–Trinajstić information content (AvgIpc) is 3.50. The monoisotopic (exact) mass is 526 g/mol. The largest absolute Gasteiger partial charge is 0.443 e. The summed E-state index contributed by atoms with van der Waals surface area (Å²) in [5.74, 6) is 0. The number of carbonyl (C=O) groups is 2. The Morgan fingerprint density at radius 3 is 1.49 bits per heavy atom. The standard InChI is InChI=1S/C26H26N2O4S3/c1-25(2,3)31-23(29)27-11-7-9-17(27)21-19-15(13-33-21)16-14-34-22(20(16)35-19)18-10-8-12-28(18)24(30)32-26(4,5)6/h7-14H,1-6H3. The van der Waals surface area contributed by atoms with Gasteiger partial charge in [0.15, 0.2) is 0 Å². The zero-order chi connectivity index (χ0) is 25.1. The van der Waals surface area contributed by atoms with Crippen LogP contribution in [0.15, 0.2) is 47.4 Å². The van der Waals surface area contributed by atoms with E-state index in [1.165, 1.54) is 0 Å². The van der Waals surface area contributed by atoms with Crippen molar-refractivity contribution in [2.75, 3.05) is 0 Å². The van der Waals surface area contributed by atoms with Crippen LogP contribution in [-0.4, -0.2) is 32.5 Å². The molecule has 0 radical (unpaired) electrons. The van der Waals surface area contributed by atoms with Crippen LogP contribution in [0.2, 0.25) is 0 Å². The van der Waals surface area contributed by atoms with E-state index in [9.17, 15) is 9.59 Å². The SMILES string of the molecule is CC(C)(C)OC(=O)n1cccc1-c1scc2c1sc1c(-c3cccn3C(=O)OC(C)(C)C)scc12. The first-order valence-electron chi connectivity index (χ1n) is 11.2. The molecular weight excluding hydrogens is 500 g/mol. The predicted molar refractivity (Wildman–Crippen MR) is 145 cm³/mol. The topological polar surface area (TPSA) is 62.5 Å². The van der Waals surface area contributed by atoms with Gasteiger partial charge < -0.3 is 9.47 Å². The van der Waals surface area contributed by atoms with Gasteiger partial charge in [-0.15, -0.1) is 34.0 Å². The number of ether oxygens (including phenoxy) is 2. The molecule has 5 rings (SSSR count). The molecule has 0 aliphatic carbocycles. The smallest absolute Gasteiger partial charge is 0.419 e. The molecule has 5 aromatic heterocycles. The van der Waals surface area contributed by atoms with Crippen molar-refractivity contribution in [1.82, 2.24) is 9.13 Å². The molecule has 5 heterocycles. The molecule has 0 saturated carbocycles. The summed E-state index contributed by atoms with van der Waals surface area (Å²) in [7, 11) is 0. The zero-order valence-corrected chi connectivity index (χ0v) is 22.8. The van der Waals surface area contributed by atoms with Gasteiger partial charge in [-0.25, -0.2) is 9.59 Å². The van der Waals surface area contributed by atoms with Crippen LogP contribution >= 0.6 is 34.0 Å². The lowest BCUT2D eigenvalue weighted by atomic mass is 10.2. The predicted octanol–water partition coefficient (Wildman–Crippen LogP) is 8.68. The molecule has 0 spiro atoms. The molecule has 0 aliphatic heterocycles. The molecule has 0 aliphatic rings. The molecule has 0 bridgehead atoms. The Morgan fingerprint density at radius 2 is 1.11 bits per heavy atom. The Hall–Kier alpha value is -2.88. The van der Waals surface area contributed by atoms with E-state index in [4.69, 9.17) is 9.47 Å². The molecule has 0 N–H and O–H groups in total. The lowest BCUT2D eigenvalue weighted by molar-refractivity contribution is 0.0529. The molecule has 182 valence electrons. The van der Waals surface area contributed by atoms with Crippen LogP contribution < -0.4 is 0 Å². The van der Waals surface area contributed by atoms with Crippen molar-refractivity contribution in [3.63, 3.8) is 0 Å². The fourth-order valence-corrected chi connectivity index (χ4v) is 7.61. The van der Waals surface area contributed by atoms with Gasteiger partial charge in [0.25, 0.3) is 0 Å². The third-order valence-corrected chi connectivity index (χ3v) is 8.65. The molecule has 0 amide bonds. The molecule has 0 atom stereocenters. The molecule has 0 unspecified atom stereocenters. The molecule has 9 heteroatoms. The summed E-state index contributed by atoms with van der Waals surface area (Å²) < 4.78 is 16.6. The summed E-state index contributed by atoms with van der Waals surface area (Å²) in [6.07, 6.45) is 2.69. The van der Waals surface area contributed by atoms with Gasteiger partial charge >= 0.3 is 12.2 Å². The maximum absolute atomic E-state index is 12.8. The second-order valence-corrected chi connectivity index (χ2v) is 13.0. The normalized spacial score (nSPS) is 12.5. The highest BCUT2D eigenvalue weighted by Gasteiger charge is 2.25. The van der Waals surface area contributed by atoms with E-state index in [1.54, 1.807) is 55.5 Å². The number of hydrogen-bond donors (Lipinski definition) is 0. The summed E-state index contributed by atoms with van der Waals surface area (Å²) in [6.45, 7) is 11.2. The molecular formula is C26H26N2O4S3. The number of nitrogens with zero attached hydrogens (tertiary/aromatic N) is 2. The van der Waals surface area contributed by atoms with Crippen LogP contribution in [0.25, 0.3) is 41.3 Å². The minimum atomic E-state index is -0.577. The third kappa shape index (κ3) is 4.44. The highest BCUT2D eigenvalue weighted by atomic mass is 32.1. The maximum atomic E-state index is 12.8. The van der Waals surface area contributed by atoms with Crippen LogP contribution in [0.1, 0.15) is 41.5 Å². The van der Waals surface area contributed by atoms with E-state index in [0.29, 0.717) is 0 Å². The number of aromatic nitrogens is 2. The number of hydrogen-bond acceptors (Lipinski definition) is 7. The molecule has 35 heavy (non-hydrogen) atoms. The highest BCUT2D eigenvalue weighted by Crippen LogP contribution is 2.49. The first kappa shape index (κ1) is 23.8.